The molecule has 3 saturated carbocycles. The van der Waals surface area contributed by atoms with Crippen LogP contribution in [0.5, 0.6) is 0 Å². The summed E-state index contributed by atoms with van der Waals surface area (Å²) in [5.41, 5.74) is 0.373. The maximum Gasteiger partial charge on any atom is 0.338 e. The van der Waals surface area contributed by atoms with Gasteiger partial charge in [-0.1, -0.05) is 56.3 Å². The molecule has 4 nitrogen and oxygen atoms in total. The van der Waals surface area contributed by atoms with E-state index in [1.807, 2.05) is 32.1 Å². The molecule has 0 unspecified atom stereocenters. The van der Waals surface area contributed by atoms with Crippen LogP contribution in [-0.4, -0.2) is 29.1 Å². The molecule has 3 aliphatic carbocycles. The van der Waals surface area contributed by atoms with Gasteiger partial charge in [0, 0.05) is 27.1 Å². The van der Waals surface area contributed by atoms with Gasteiger partial charge in [0.2, 0.25) is 0 Å². The Balaban J connectivity index is 1.84. The van der Waals surface area contributed by atoms with Gasteiger partial charge in [-0.25, -0.2) is 4.79 Å². The largest absolute Gasteiger partial charge is 0.458 e. The molecule has 1 aromatic rings. The molecule has 0 saturated heterocycles. The highest BCUT2D eigenvalue weighted by Crippen LogP contribution is 2.68. The summed E-state index contributed by atoms with van der Waals surface area (Å²) in [5, 5.41) is 11.7. The van der Waals surface area contributed by atoms with Crippen LogP contribution in [0, 0.1) is 40.9 Å². The quantitative estimate of drug-likeness (QED) is 0.278. The number of Topliss-reactive ketones (excluding diaryl/α,β-unsaturated/α-hetero) is 1. The normalized spacial score (nSPS) is 41.9. The average Bonchev–Trinajstić information content (AvgIpc) is 3.05. The first-order valence-electron chi connectivity index (χ1n) is 12.3. The highest BCUT2D eigenvalue weighted by atomic mass is 79.9. The van der Waals surface area contributed by atoms with Crippen molar-refractivity contribution in [3.05, 3.63) is 58.6 Å². The summed E-state index contributed by atoms with van der Waals surface area (Å²) in [7, 11) is 0. The number of hydrogen-bond acceptors (Lipinski definition) is 4. The van der Waals surface area contributed by atoms with Crippen LogP contribution in [0.4, 0.5) is 0 Å². The van der Waals surface area contributed by atoms with E-state index in [1.54, 1.807) is 6.07 Å². The first-order valence-corrected chi connectivity index (χ1v) is 13.1. The van der Waals surface area contributed by atoms with Crippen LogP contribution in [0.25, 0.3) is 0 Å². The molecule has 3 fully saturated rings. The molecular weight excluding hydrogens is 492 g/mol. The molecule has 3 aliphatic rings. The summed E-state index contributed by atoms with van der Waals surface area (Å²) in [6.07, 6.45) is 3.32. The summed E-state index contributed by atoms with van der Waals surface area (Å²) in [5.74, 6) is -0.542. The van der Waals surface area contributed by atoms with E-state index in [-0.39, 0.29) is 29.5 Å². The number of carbonyl (C=O) groups excluding carboxylic acids is 2. The molecule has 0 amide bonds. The lowest BCUT2D eigenvalue weighted by Crippen LogP contribution is -2.62. The van der Waals surface area contributed by atoms with E-state index in [9.17, 15) is 14.7 Å². The fourth-order valence-electron chi connectivity index (χ4n) is 7.54. The van der Waals surface area contributed by atoms with Gasteiger partial charge in [-0.05, 0) is 73.3 Å². The average molecular weight is 530 g/mol. The third kappa shape index (κ3) is 3.49. The molecule has 34 heavy (non-hydrogen) atoms. The van der Waals surface area contributed by atoms with Gasteiger partial charge in [-0.15, -0.1) is 6.58 Å². The zero-order chi connectivity index (χ0) is 25.2. The summed E-state index contributed by atoms with van der Waals surface area (Å²) < 4.78 is 7.25. The minimum Gasteiger partial charge on any atom is -0.458 e. The number of carbonyl (C=O) groups is 2. The number of aliphatic hydroxyl groups excluding tert-OH is 1. The van der Waals surface area contributed by atoms with E-state index < -0.39 is 28.5 Å². The monoisotopic (exact) mass is 528 g/mol. The van der Waals surface area contributed by atoms with E-state index in [1.165, 1.54) is 0 Å². The van der Waals surface area contributed by atoms with Gasteiger partial charge in [0.1, 0.15) is 6.10 Å². The Bertz CT molecular complexity index is 1060. The van der Waals surface area contributed by atoms with Crippen LogP contribution in [0.1, 0.15) is 69.3 Å². The van der Waals surface area contributed by atoms with E-state index in [0.717, 1.165) is 22.9 Å². The maximum atomic E-state index is 13.6. The Morgan fingerprint density at radius 3 is 2.59 bits per heavy atom. The van der Waals surface area contributed by atoms with Crippen molar-refractivity contribution in [2.75, 3.05) is 0 Å². The lowest BCUT2D eigenvalue weighted by Gasteiger charge is -2.61. The number of allylic oxidation sites excluding steroid dienone is 1. The van der Waals surface area contributed by atoms with Crippen LogP contribution >= 0.6 is 15.9 Å². The van der Waals surface area contributed by atoms with Gasteiger partial charge in [-0.2, -0.15) is 0 Å². The molecule has 0 aliphatic heterocycles. The zero-order valence-corrected chi connectivity index (χ0v) is 22.6. The molecule has 0 aromatic heterocycles. The maximum absolute atomic E-state index is 13.6. The first kappa shape index (κ1) is 25.4. The first-order chi connectivity index (χ1) is 15.8. The van der Waals surface area contributed by atoms with E-state index in [4.69, 9.17) is 4.74 Å². The predicted molar refractivity (Wildman–Crippen MR) is 137 cm³/mol. The second-order valence-electron chi connectivity index (χ2n) is 11.6. The lowest BCUT2D eigenvalue weighted by molar-refractivity contribution is -0.191. The van der Waals surface area contributed by atoms with Gasteiger partial charge in [-0.3, -0.25) is 4.79 Å². The van der Waals surface area contributed by atoms with Crippen LogP contribution in [-0.2, 0) is 9.53 Å². The van der Waals surface area contributed by atoms with Crippen molar-refractivity contribution < 1.29 is 19.4 Å². The minimum atomic E-state index is -0.729. The molecule has 0 spiro atoms. The molecule has 184 valence electrons. The van der Waals surface area contributed by atoms with Crippen molar-refractivity contribution in [3.63, 3.8) is 0 Å². The van der Waals surface area contributed by atoms with Crippen LogP contribution < -0.4 is 0 Å². The van der Waals surface area contributed by atoms with E-state index >= 15 is 0 Å². The standard InChI is InChI=1S/C29H37BrO4/c1-8-27(6)15-22(31)28(7)18(4)11-12-29(14-17(3)23(32)24(28)29)19(5)25(27)34-26(33)21-10-9-20(30)13-16(21)2/h8-10,13,18-19,22,24-25,31H,1,3,11-12,14-15H2,2,4-7H3/t18-,19+,22-,24+,25+,27-,28+,29+/m1/s1. The fraction of sp³-hybridized carbons (Fsp3) is 0.586. The van der Waals surface area contributed by atoms with Gasteiger partial charge in [0.25, 0.3) is 0 Å². The number of aryl methyl sites for hydroxylation is 1. The Morgan fingerprint density at radius 2 is 1.97 bits per heavy atom. The summed E-state index contributed by atoms with van der Waals surface area (Å²) >= 11 is 3.46. The van der Waals surface area contributed by atoms with Crippen LogP contribution in [0.15, 0.2) is 47.5 Å². The third-order valence-corrected chi connectivity index (χ3v) is 10.4. The number of halogens is 1. The van der Waals surface area contributed by atoms with Crippen molar-refractivity contribution >= 4 is 27.7 Å². The molecule has 8 atom stereocenters. The lowest BCUT2D eigenvalue weighted by atomic mass is 9.44. The predicted octanol–water partition coefficient (Wildman–Crippen LogP) is 6.44. The summed E-state index contributed by atoms with van der Waals surface area (Å²) in [6, 6.07) is 5.51. The summed E-state index contributed by atoms with van der Waals surface area (Å²) in [4.78, 5) is 27.0. The Hall–Kier alpha value is -1.72. The number of ketones is 1. The second-order valence-corrected chi connectivity index (χ2v) is 12.5. The van der Waals surface area contributed by atoms with Gasteiger partial charge in [0.05, 0.1) is 11.7 Å². The molecule has 5 heteroatoms. The minimum absolute atomic E-state index is 0.0796. The van der Waals surface area contributed by atoms with Gasteiger partial charge in [0.15, 0.2) is 5.78 Å². The SMILES string of the molecule is C=C[C@]1(C)C[C@@H](O)[C@]2(C)[C@H](C)CC[C@]3(CC(=C)C(=O)[C@H]32)[C@@H](C)[C@@H]1OC(=O)c1ccc(Br)cc1C. The number of rotatable bonds is 3. The summed E-state index contributed by atoms with van der Waals surface area (Å²) in [6.45, 7) is 18.5. The highest BCUT2D eigenvalue weighted by Gasteiger charge is 2.68. The molecule has 0 radical (unpaired) electrons. The molecule has 4 rings (SSSR count). The second kappa shape index (κ2) is 8.44. The van der Waals surface area contributed by atoms with Gasteiger partial charge < -0.3 is 9.84 Å². The van der Waals surface area contributed by atoms with Crippen LogP contribution in [0.3, 0.4) is 0 Å². The number of esters is 1. The number of ether oxygens (including phenoxy) is 1. The van der Waals surface area contributed by atoms with Crippen molar-refractivity contribution in [1.29, 1.82) is 0 Å². The molecule has 1 aromatic carbocycles. The molecule has 0 heterocycles. The van der Waals surface area contributed by atoms with E-state index in [0.29, 0.717) is 24.0 Å². The topological polar surface area (TPSA) is 63.6 Å². The molecular formula is C29H37BrO4. The zero-order valence-electron chi connectivity index (χ0n) is 21.0. The fourth-order valence-corrected chi connectivity index (χ4v) is 8.01. The number of hydrogen-bond donors (Lipinski definition) is 1. The molecule has 1 N–H and O–H groups in total. The Kier molecular flexibility index (Phi) is 6.30. The smallest absolute Gasteiger partial charge is 0.338 e. The van der Waals surface area contributed by atoms with Crippen molar-refractivity contribution in [3.8, 4) is 0 Å². The number of aliphatic hydroxyl groups is 1. The highest BCUT2D eigenvalue weighted by molar-refractivity contribution is 9.10. The Labute approximate surface area is 212 Å². The van der Waals surface area contributed by atoms with Gasteiger partial charge >= 0.3 is 5.97 Å². The van der Waals surface area contributed by atoms with E-state index in [2.05, 4.69) is 49.9 Å². The van der Waals surface area contributed by atoms with Crippen molar-refractivity contribution in [2.24, 2.45) is 34.0 Å². The van der Waals surface area contributed by atoms with Crippen molar-refractivity contribution in [1.82, 2.24) is 0 Å². The number of benzene rings is 1. The van der Waals surface area contributed by atoms with Crippen molar-refractivity contribution in [2.45, 2.75) is 72.5 Å². The third-order valence-electron chi connectivity index (χ3n) is 9.93. The Morgan fingerprint density at radius 1 is 1.29 bits per heavy atom. The molecule has 2 bridgehead atoms. The van der Waals surface area contributed by atoms with Crippen LogP contribution in [0.2, 0.25) is 0 Å².